The van der Waals surface area contributed by atoms with E-state index in [9.17, 15) is 4.79 Å². The Balaban J connectivity index is 1.72. The number of hydrogen-bond donors (Lipinski definition) is 1. The minimum absolute atomic E-state index is 0.0558. The fourth-order valence-electron chi connectivity index (χ4n) is 3.61. The number of carbonyl (C=O) groups excluding carboxylic acids is 1. The molecule has 4 rings (SSSR count). The highest BCUT2D eigenvalue weighted by Gasteiger charge is 2.31. The van der Waals surface area contributed by atoms with Gasteiger partial charge in [0.25, 0.3) is 0 Å². The second-order valence-corrected chi connectivity index (χ2v) is 6.46. The van der Waals surface area contributed by atoms with Gasteiger partial charge < -0.3 is 23.9 Å². The largest absolute Gasteiger partial charge is 0.493 e. The monoisotopic (exact) mass is 383 g/mol. The van der Waals surface area contributed by atoms with Gasteiger partial charge in [-0.2, -0.15) is 5.10 Å². The van der Waals surface area contributed by atoms with E-state index in [0.717, 1.165) is 16.7 Å². The first-order chi connectivity index (χ1) is 13.7. The fraction of sp³-hybridized carbons (Fsp3) is 0.300. The van der Waals surface area contributed by atoms with Gasteiger partial charge in [0, 0.05) is 23.5 Å². The smallest absolute Gasteiger partial charge is 0.226 e. The SMILES string of the molecule is COc1ccc(Cn2ncc3c2NC(=O)CC3c2ccoc2)c(OC)c1OC. The van der Waals surface area contributed by atoms with Crippen LogP contribution in [0.2, 0.25) is 0 Å². The highest BCUT2D eigenvalue weighted by Crippen LogP contribution is 2.41. The maximum absolute atomic E-state index is 12.3. The van der Waals surface area contributed by atoms with Crippen LogP contribution in [0, 0.1) is 0 Å². The number of rotatable bonds is 6. The molecule has 0 radical (unpaired) electrons. The molecule has 1 unspecified atom stereocenters. The third-order valence-electron chi connectivity index (χ3n) is 4.94. The lowest BCUT2D eigenvalue weighted by molar-refractivity contribution is -0.116. The van der Waals surface area contributed by atoms with Crippen molar-refractivity contribution in [2.75, 3.05) is 26.6 Å². The molecule has 146 valence electrons. The zero-order valence-corrected chi connectivity index (χ0v) is 15.9. The molecule has 0 saturated carbocycles. The normalized spacial score (nSPS) is 15.7. The lowest BCUT2D eigenvalue weighted by atomic mass is 9.89. The molecule has 1 aliphatic heterocycles. The first-order valence-corrected chi connectivity index (χ1v) is 8.81. The van der Waals surface area contributed by atoms with E-state index < -0.39 is 0 Å². The van der Waals surface area contributed by atoms with Gasteiger partial charge in [0.05, 0.1) is 46.6 Å². The molecule has 1 N–H and O–H groups in total. The maximum atomic E-state index is 12.3. The predicted molar refractivity (Wildman–Crippen MR) is 101 cm³/mol. The Hall–Kier alpha value is -3.42. The first kappa shape index (κ1) is 18.0. The van der Waals surface area contributed by atoms with E-state index >= 15 is 0 Å². The van der Waals surface area contributed by atoms with E-state index in [1.54, 1.807) is 44.7 Å². The van der Waals surface area contributed by atoms with Crippen molar-refractivity contribution >= 4 is 11.7 Å². The summed E-state index contributed by atoms with van der Waals surface area (Å²) in [4.78, 5) is 12.3. The van der Waals surface area contributed by atoms with E-state index in [2.05, 4.69) is 10.4 Å². The van der Waals surface area contributed by atoms with Crippen molar-refractivity contribution in [2.24, 2.45) is 0 Å². The molecule has 0 fully saturated rings. The number of aromatic nitrogens is 2. The summed E-state index contributed by atoms with van der Waals surface area (Å²) in [6, 6.07) is 5.59. The standard InChI is InChI=1S/C20H21N3O5/c1-25-16-5-4-12(18(26-2)19(16)27-3)10-23-20-15(9-21-23)14(8-17(24)22-20)13-6-7-28-11-13/h4-7,9,11,14H,8,10H2,1-3H3,(H,22,24). The van der Waals surface area contributed by atoms with Crippen molar-refractivity contribution in [3.8, 4) is 17.2 Å². The van der Waals surface area contributed by atoms with Gasteiger partial charge in [0.15, 0.2) is 11.5 Å². The van der Waals surface area contributed by atoms with Crippen LogP contribution in [0.1, 0.15) is 29.0 Å². The lowest BCUT2D eigenvalue weighted by Gasteiger charge is -2.23. The molecule has 8 heteroatoms. The molecule has 1 aromatic carbocycles. The number of carbonyl (C=O) groups is 1. The molecule has 1 amide bonds. The molecule has 1 atom stereocenters. The molecule has 0 aliphatic carbocycles. The third-order valence-corrected chi connectivity index (χ3v) is 4.94. The molecule has 3 heterocycles. The number of methoxy groups -OCH3 is 3. The highest BCUT2D eigenvalue weighted by atomic mass is 16.5. The highest BCUT2D eigenvalue weighted by molar-refractivity contribution is 5.94. The summed E-state index contributed by atoms with van der Waals surface area (Å²) in [6.07, 6.45) is 5.43. The van der Waals surface area contributed by atoms with Crippen LogP contribution in [0.15, 0.2) is 41.3 Å². The Kier molecular flexibility index (Phi) is 4.68. The van der Waals surface area contributed by atoms with Crippen molar-refractivity contribution in [1.82, 2.24) is 9.78 Å². The molecule has 0 saturated heterocycles. The van der Waals surface area contributed by atoms with Gasteiger partial charge in [0.1, 0.15) is 5.82 Å². The molecular formula is C20H21N3O5. The van der Waals surface area contributed by atoms with Crippen molar-refractivity contribution < 1.29 is 23.4 Å². The number of furan rings is 1. The Bertz CT molecular complexity index is 994. The zero-order valence-electron chi connectivity index (χ0n) is 15.9. The molecule has 2 aromatic heterocycles. The predicted octanol–water partition coefficient (Wildman–Crippen LogP) is 3.02. The van der Waals surface area contributed by atoms with Crippen LogP contribution in [0.25, 0.3) is 0 Å². The van der Waals surface area contributed by atoms with Crippen LogP contribution in [0.4, 0.5) is 5.82 Å². The van der Waals surface area contributed by atoms with Crippen LogP contribution in [0.3, 0.4) is 0 Å². The average Bonchev–Trinajstić information content (AvgIpc) is 3.37. The second kappa shape index (κ2) is 7.30. The van der Waals surface area contributed by atoms with Gasteiger partial charge >= 0.3 is 0 Å². The van der Waals surface area contributed by atoms with E-state index in [-0.39, 0.29) is 11.8 Å². The molecular weight excluding hydrogens is 362 g/mol. The quantitative estimate of drug-likeness (QED) is 0.704. The van der Waals surface area contributed by atoms with E-state index in [4.69, 9.17) is 18.6 Å². The Morgan fingerprint density at radius 2 is 2.00 bits per heavy atom. The molecule has 0 bridgehead atoms. The molecule has 1 aliphatic rings. The summed E-state index contributed by atoms with van der Waals surface area (Å²) in [6.45, 7) is 0.400. The number of benzene rings is 1. The third kappa shape index (κ3) is 2.96. The first-order valence-electron chi connectivity index (χ1n) is 8.81. The van der Waals surface area contributed by atoms with Crippen molar-refractivity contribution in [2.45, 2.75) is 18.9 Å². The zero-order chi connectivity index (χ0) is 19.7. The second-order valence-electron chi connectivity index (χ2n) is 6.46. The summed E-state index contributed by atoms with van der Waals surface area (Å²) in [7, 11) is 4.72. The number of fused-ring (bicyclic) bond motifs is 1. The molecule has 3 aromatic rings. The Labute approximate surface area is 162 Å². The van der Waals surface area contributed by atoms with Crippen LogP contribution < -0.4 is 19.5 Å². The molecule has 28 heavy (non-hydrogen) atoms. The Morgan fingerprint density at radius 1 is 1.18 bits per heavy atom. The van der Waals surface area contributed by atoms with Gasteiger partial charge in [-0.05, 0) is 23.8 Å². The minimum Gasteiger partial charge on any atom is -0.493 e. The van der Waals surface area contributed by atoms with Crippen LogP contribution in [-0.4, -0.2) is 37.0 Å². The number of nitrogens with zero attached hydrogens (tertiary/aromatic N) is 2. The lowest BCUT2D eigenvalue weighted by Crippen LogP contribution is -2.25. The van der Waals surface area contributed by atoms with Gasteiger partial charge in [-0.3, -0.25) is 4.79 Å². The van der Waals surface area contributed by atoms with E-state index in [1.165, 1.54) is 0 Å². The van der Waals surface area contributed by atoms with Crippen molar-refractivity contribution in [3.05, 3.63) is 53.6 Å². The maximum Gasteiger partial charge on any atom is 0.226 e. The summed E-state index contributed by atoms with van der Waals surface area (Å²) in [5, 5.41) is 7.45. The van der Waals surface area contributed by atoms with Gasteiger partial charge in [0.2, 0.25) is 11.7 Å². The molecule has 8 nitrogen and oxygen atoms in total. The summed E-state index contributed by atoms with van der Waals surface area (Å²) in [5.41, 5.74) is 2.77. The van der Waals surface area contributed by atoms with E-state index in [0.29, 0.717) is 36.0 Å². The summed E-state index contributed by atoms with van der Waals surface area (Å²) >= 11 is 0. The topological polar surface area (TPSA) is 87.8 Å². The van der Waals surface area contributed by atoms with Crippen molar-refractivity contribution in [3.63, 3.8) is 0 Å². The van der Waals surface area contributed by atoms with Crippen LogP contribution in [0.5, 0.6) is 17.2 Å². The van der Waals surface area contributed by atoms with Crippen molar-refractivity contribution in [1.29, 1.82) is 0 Å². The summed E-state index contributed by atoms with van der Waals surface area (Å²) in [5.74, 6) is 2.21. The van der Waals surface area contributed by atoms with Gasteiger partial charge in [-0.25, -0.2) is 4.68 Å². The fourth-order valence-corrected chi connectivity index (χ4v) is 3.61. The number of anilines is 1. The summed E-state index contributed by atoms with van der Waals surface area (Å²) < 4.78 is 23.3. The number of nitrogens with one attached hydrogen (secondary N) is 1. The van der Waals surface area contributed by atoms with Crippen LogP contribution >= 0.6 is 0 Å². The van der Waals surface area contributed by atoms with E-state index in [1.807, 2.05) is 18.2 Å². The van der Waals surface area contributed by atoms with Gasteiger partial charge in [-0.1, -0.05) is 0 Å². The molecule has 0 spiro atoms. The number of ether oxygens (including phenoxy) is 3. The number of hydrogen-bond acceptors (Lipinski definition) is 6. The van der Waals surface area contributed by atoms with Gasteiger partial charge in [-0.15, -0.1) is 0 Å². The number of amides is 1. The minimum atomic E-state index is -0.0800. The average molecular weight is 383 g/mol. The van der Waals surface area contributed by atoms with Crippen LogP contribution in [-0.2, 0) is 11.3 Å². The Morgan fingerprint density at radius 3 is 2.68 bits per heavy atom.